The highest BCUT2D eigenvalue weighted by atomic mass is 32.1. The van der Waals surface area contributed by atoms with Crippen molar-refractivity contribution in [2.75, 3.05) is 33.8 Å². The Kier molecular flexibility index (Phi) is 5.94. The number of hydrogen-bond acceptors (Lipinski definition) is 4. The van der Waals surface area contributed by atoms with Crippen molar-refractivity contribution in [3.63, 3.8) is 0 Å². The molecule has 4 heterocycles. The summed E-state index contributed by atoms with van der Waals surface area (Å²) >= 11 is 5.74. The number of rotatable bonds is 7. The van der Waals surface area contributed by atoms with E-state index in [0.717, 1.165) is 49.9 Å². The standard InChI is InChI=1S/C21H29N5OS/c1-24(2)12-13-26-20(19(23-21(26)28)17-8-3-4-10-22-17)18-9-5-11-25(18)15-16-7-6-14-27-16/h3-5,8-11,16,19-20H,6-7,12-15H2,1-2H3,(H,23,28)/t16-,19+,20+/m0/s1. The average molecular weight is 400 g/mol. The van der Waals surface area contributed by atoms with Crippen LogP contribution in [0.15, 0.2) is 42.7 Å². The van der Waals surface area contributed by atoms with Crippen molar-refractivity contribution in [3.05, 3.63) is 54.1 Å². The number of likely N-dealkylation sites (N-methyl/N-ethyl adjacent to an activating group) is 1. The quantitative estimate of drug-likeness (QED) is 0.722. The summed E-state index contributed by atoms with van der Waals surface area (Å²) in [5.74, 6) is 0. The minimum Gasteiger partial charge on any atom is -0.376 e. The number of hydrogen-bond donors (Lipinski definition) is 1. The van der Waals surface area contributed by atoms with Crippen molar-refractivity contribution >= 4 is 17.3 Å². The van der Waals surface area contributed by atoms with Crippen LogP contribution in [-0.4, -0.2) is 64.4 Å². The van der Waals surface area contributed by atoms with Crippen LogP contribution >= 0.6 is 12.2 Å². The molecule has 7 heteroatoms. The van der Waals surface area contributed by atoms with Crippen molar-refractivity contribution in [2.24, 2.45) is 0 Å². The highest BCUT2D eigenvalue weighted by Crippen LogP contribution is 2.38. The van der Waals surface area contributed by atoms with E-state index in [2.05, 4.69) is 63.2 Å². The lowest BCUT2D eigenvalue weighted by Gasteiger charge is -2.30. The summed E-state index contributed by atoms with van der Waals surface area (Å²) < 4.78 is 8.23. The number of nitrogens with zero attached hydrogens (tertiary/aromatic N) is 4. The lowest BCUT2D eigenvalue weighted by atomic mass is 10.0. The molecule has 3 atom stereocenters. The van der Waals surface area contributed by atoms with Crippen molar-refractivity contribution < 1.29 is 4.74 Å². The fraction of sp³-hybridized carbons (Fsp3) is 0.524. The lowest BCUT2D eigenvalue weighted by Crippen LogP contribution is -2.36. The van der Waals surface area contributed by atoms with Crippen LogP contribution in [0.5, 0.6) is 0 Å². The number of aromatic nitrogens is 2. The number of thiocarbonyl (C=S) groups is 1. The van der Waals surface area contributed by atoms with E-state index >= 15 is 0 Å². The largest absolute Gasteiger partial charge is 0.376 e. The second-order valence-corrected chi connectivity index (χ2v) is 8.23. The first kappa shape index (κ1) is 19.4. The lowest BCUT2D eigenvalue weighted by molar-refractivity contribution is 0.0953. The Hall–Kier alpha value is -1.96. The molecule has 2 aliphatic heterocycles. The maximum Gasteiger partial charge on any atom is 0.170 e. The van der Waals surface area contributed by atoms with Crippen LogP contribution in [-0.2, 0) is 11.3 Å². The molecular formula is C21H29N5OS. The van der Waals surface area contributed by atoms with Gasteiger partial charge < -0.3 is 24.4 Å². The van der Waals surface area contributed by atoms with E-state index in [9.17, 15) is 0 Å². The van der Waals surface area contributed by atoms with Crippen LogP contribution in [0.3, 0.4) is 0 Å². The third kappa shape index (κ3) is 4.06. The maximum absolute atomic E-state index is 5.89. The molecule has 0 aromatic carbocycles. The zero-order valence-electron chi connectivity index (χ0n) is 16.6. The van der Waals surface area contributed by atoms with Gasteiger partial charge in [0.05, 0.1) is 23.9 Å². The third-order valence-electron chi connectivity index (χ3n) is 5.58. The summed E-state index contributed by atoms with van der Waals surface area (Å²) in [6.07, 6.45) is 6.61. The van der Waals surface area contributed by atoms with Gasteiger partial charge in [0.2, 0.25) is 0 Å². The van der Waals surface area contributed by atoms with E-state index < -0.39 is 0 Å². The van der Waals surface area contributed by atoms with Crippen LogP contribution < -0.4 is 5.32 Å². The van der Waals surface area contributed by atoms with Gasteiger partial charge in [0.25, 0.3) is 0 Å². The molecule has 2 aromatic heterocycles. The first-order valence-corrected chi connectivity index (χ1v) is 10.4. The molecule has 2 saturated heterocycles. The fourth-order valence-electron chi connectivity index (χ4n) is 4.15. The Morgan fingerprint density at radius 2 is 2.18 bits per heavy atom. The molecule has 0 spiro atoms. The minimum atomic E-state index is 0.0361. The predicted molar refractivity (Wildman–Crippen MR) is 114 cm³/mol. The molecule has 150 valence electrons. The molecule has 4 rings (SSSR count). The molecule has 0 unspecified atom stereocenters. The van der Waals surface area contributed by atoms with E-state index in [1.807, 2.05) is 18.3 Å². The summed E-state index contributed by atoms with van der Waals surface area (Å²) in [4.78, 5) is 9.13. The summed E-state index contributed by atoms with van der Waals surface area (Å²) in [6, 6.07) is 10.6. The highest BCUT2D eigenvalue weighted by molar-refractivity contribution is 7.80. The summed E-state index contributed by atoms with van der Waals surface area (Å²) in [7, 11) is 4.19. The van der Waals surface area contributed by atoms with Gasteiger partial charge in [-0.3, -0.25) is 4.98 Å². The van der Waals surface area contributed by atoms with Crippen molar-refractivity contribution in [1.82, 2.24) is 24.7 Å². The van der Waals surface area contributed by atoms with E-state index in [4.69, 9.17) is 17.0 Å². The van der Waals surface area contributed by atoms with Gasteiger partial charge in [0, 0.05) is 44.3 Å². The molecule has 1 N–H and O–H groups in total. The zero-order valence-corrected chi connectivity index (χ0v) is 17.4. The molecule has 2 fully saturated rings. The topological polar surface area (TPSA) is 45.6 Å². The van der Waals surface area contributed by atoms with Crippen LogP contribution in [0.1, 0.15) is 36.3 Å². The second kappa shape index (κ2) is 8.59. The Morgan fingerprint density at radius 3 is 2.89 bits per heavy atom. The van der Waals surface area contributed by atoms with Crippen LogP contribution in [0.25, 0.3) is 0 Å². The van der Waals surface area contributed by atoms with Gasteiger partial charge in [-0.2, -0.15) is 0 Å². The first-order chi connectivity index (χ1) is 13.6. The van der Waals surface area contributed by atoms with Crippen molar-refractivity contribution in [3.8, 4) is 0 Å². The third-order valence-corrected chi connectivity index (χ3v) is 5.93. The van der Waals surface area contributed by atoms with Crippen molar-refractivity contribution in [2.45, 2.75) is 37.6 Å². The molecule has 0 amide bonds. The Bertz CT molecular complexity index is 787. The first-order valence-electron chi connectivity index (χ1n) is 10.0. The van der Waals surface area contributed by atoms with Gasteiger partial charge in [-0.15, -0.1) is 0 Å². The van der Waals surface area contributed by atoms with Crippen LogP contribution in [0.2, 0.25) is 0 Å². The van der Waals surface area contributed by atoms with E-state index in [-0.39, 0.29) is 12.1 Å². The van der Waals surface area contributed by atoms with Gasteiger partial charge in [-0.1, -0.05) is 6.07 Å². The monoisotopic (exact) mass is 399 g/mol. The molecule has 28 heavy (non-hydrogen) atoms. The van der Waals surface area contributed by atoms with Gasteiger partial charge in [-0.05, 0) is 63.4 Å². The van der Waals surface area contributed by atoms with E-state index in [1.54, 1.807) is 0 Å². The average Bonchev–Trinajstić information content (AvgIpc) is 3.42. The Labute approximate surface area is 172 Å². The normalized spacial score (nSPS) is 24.9. The van der Waals surface area contributed by atoms with Crippen LogP contribution in [0, 0.1) is 0 Å². The summed E-state index contributed by atoms with van der Waals surface area (Å²) in [6.45, 7) is 3.58. The summed E-state index contributed by atoms with van der Waals surface area (Å²) in [5.41, 5.74) is 2.28. The van der Waals surface area contributed by atoms with E-state index in [1.165, 1.54) is 5.69 Å². The molecule has 6 nitrogen and oxygen atoms in total. The number of ether oxygens (including phenoxy) is 1. The summed E-state index contributed by atoms with van der Waals surface area (Å²) in [5, 5.41) is 4.33. The Balaban J connectivity index is 1.66. The van der Waals surface area contributed by atoms with Crippen molar-refractivity contribution in [1.29, 1.82) is 0 Å². The molecule has 0 saturated carbocycles. The molecule has 0 bridgehead atoms. The van der Waals surface area contributed by atoms with E-state index in [0.29, 0.717) is 6.10 Å². The number of pyridine rings is 1. The fourth-order valence-corrected chi connectivity index (χ4v) is 4.48. The maximum atomic E-state index is 5.89. The Morgan fingerprint density at radius 1 is 1.29 bits per heavy atom. The molecule has 2 aromatic rings. The molecular weight excluding hydrogens is 370 g/mol. The van der Waals surface area contributed by atoms with Gasteiger partial charge >= 0.3 is 0 Å². The van der Waals surface area contributed by atoms with Crippen LogP contribution in [0.4, 0.5) is 0 Å². The predicted octanol–water partition coefficient (Wildman–Crippen LogP) is 2.60. The minimum absolute atomic E-state index is 0.0361. The van der Waals surface area contributed by atoms with Gasteiger partial charge in [0.1, 0.15) is 0 Å². The van der Waals surface area contributed by atoms with Gasteiger partial charge in [0.15, 0.2) is 5.11 Å². The van der Waals surface area contributed by atoms with Gasteiger partial charge in [-0.25, -0.2) is 0 Å². The smallest absolute Gasteiger partial charge is 0.170 e. The molecule has 2 aliphatic rings. The number of nitrogens with one attached hydrogen (secondary N) is 1. The zero-order chi connectivity index (χ0) is 19.5. The molecule has 0 aliphatic carbocycles. The SMILES string of the molecule is CN(C)CCN1C(=S)N[C@H](c2ccccn2)[C@H]1c1cccn1C[C@@H]1CCCO1. The second-order valence-electron chi connectivity index (χ2n) is 7.84. The highest BCUT2D eigenvalue weighted by Gasteiger charge is 2.41. The molecule has 0 radical (unpaired) electrons.